The van der Waals surface area contributed by atoms with Gasteiger partial charge in [-0.1, -0.05) is 42.1 Å². The lowest BCUT2D eigenvalue weighted by Gasteiger charge is -2.04. The molecule has 3 amide bonds. The Balaban J connectivity index is 2.36. The zero-order chi connectivity index (χ0) is 13.4. The Kier molecular flexibility index (Phi) is 5.72. The Labute approximate surface area is 109 Å². The molecule has 6 nitrogen and oxygen atoms in total. The second-order valence-electron chi connectivity index (χ2n) is 3.15. The molecule has 0 spiro atoms. The van der Waals surface area contributed by atoms with Gasteiger partial charge in [-0.3, -0.25) is 0 Å². The van der Waals surface area contributed by atoms with Crippen molar-refractivity contribution in [2.24, 2.45) is 10.7 Å². The number of amidine groups is 1. The molecule has 0 unspecified atom stereocenters. The number of nitrogens with two attached hydrogens (primary N) is 1. The molecule has 0 saturated carbocycles. The number of urea groups is 1. The molecule has 0 aromatic heterocycles. The van der Waals surface area contributed by atoms with Gasteiger partial charge in [0.1, 0.15) is 6.61 Å². The fourth-order valence-electron chi connectivity index (χ4n) is 1.02. The summed E-state index contributed by atoms with van der Waals surface area (Å²) < 4.78 is 4.83. The number of alkyl carbamates (subject to hydrolysis) is 1. The van der Waals surface area contributed by atoms with Gasteiger partial charge in [0.2, 0.25) is 0 Å². The average molecular weight is 267 g/mol. The van der Waals surface area contributed by atoms with Crippen LogP contribution in [0.3, 0.4) is 0 Å². The molecule has 0 aliphatic heterocycles. The Hall–Kier alpha value is -2.02. The number of carbonyl (C=O) groups is 2. The quantitative estimate of drug-likeness (QED) is 0.628. The molecule has 0 heterocycles. The van der Waals surface area contributed by atoms with Gasteiger partial charge in [-0.2, -0.15) is 4.99 Å². The topological polar surface area (TPSA) is 93.8 Å². The summed E-state index contributed by atoms with van der Waals surface area (Å²) in [6, 6.07) is 8.27. The van der Waals surface area contributed by atoms with Crippen LogP contribution in [-0.4, -0.2) is 23.5 Å². The Morgan fingerprint density at radius 1 is 1.39 bits per heavy atom. The molecular weight excluding hydrogens is 254 g/mol. The van der Waals surface area contributed by atoms with Gasteiger partial charge in [0.05, 0.1) is 0 Å². The van der Waals surface area contributed by atoms with Crippen molar-refractivity contribution in [3.63, 3.8) is 0 Å². The highest BCUT2D eigenvalue weighted by atomic mass is 32.2. The van der Waals surface area contributed by atoms with E-state index in [1.807, 2.05) is 23.5 Å². The number of imide groups is 1. The van der Waals surface area contributed by atoms with E-state index in [0.717, 1.165) is 17.3 Å². The smallest absolute Gasteiger partial charge is 0.415 e. The molecule has 0 saturated heterocycles. The normalized spacial score (nSPS) is 10.8. The second kappa shape index (κ2) is 7.33. The van der Waals surface area contributed by atoms with E-state index in [1.54, 1.807) is 18.4 Å². The molecule has 0 aliphatic carbocycles. The van der Waals surface area contributed by atoms with Gasteiger partial charge in [-0.25, -0.2) is 14.9 Å². The van der Waals surface area contributed by atoms with Crippen LogP contribution in [0.2, 0.25) is 0 Å². The summed E-state index contributed by atoms with van der Waals surface area (Å²) in [5, 5.41) is 2.01. The fraction of sp³-hybridized carbons (Fsp3) is 0.182. The number of nitrogens with one attached hydrogen (secondary N) is 1. The van der Waals surface area contributed by atoms with Crippen molar-refractivity contribution in [2.75, 3.05) is 6.26 Å². The van der Waals surface area contributed by atoms with Crippen LogP contribution >= 0.6 is 11.8 Å². The van der Waals surface area contributed by atoms with Crippen LogP contribution in [0, 0.1) is 0 Å². The number of hydrogen-bond acceptors (Lipinski definition) is 4. The maximum atomic E-state index is 11.2. The van der Waals surface area contributed by atoms with Gasteiger partial charge >= 0.3 is 12.1 Å². The van der Waals surface area contributed by atoms with Crippen LogP contribution in [0.5, 0.6) is 0 Å². The number of carbonyl (C=O) groups excluding carboxylic acids is 2. The lowest BCUT2D eigenvalue weighted by atomic mass is 10.2. The molecule has 0 bridgehead atoms. The molecule has 7 heteroatoms. The third-order valence-electron chi connectivity index (χ3n) is 1.84. The van der Waals surface area contributed by atoms with Crippen LogP contribution in [0.4, 0.5) is 9.59 Å². The maximum absolute atomic E-state index is 11.2. The summed E-state index contributed by atoms with van der Waals surface area (Å²) in [4.78, 5) is 25.8. The molecule has 1 aromatic rings. The number of benzene rings is 1. The minimum atomic E-state index is -0.860. The predicted octanol–water partition coefficient (Wildman–Crippen LogP) is 1.71. The first-order valence-electron chi connectivity index (χ1n) is 5.01. The number of aliphatic imine (C=N–C) groups is 1. The lowest BCUT2D eigenvalue weighted by Crippen LogP contribution is -2.29. The number of rotatable bonds is 2. The number of thioether (sulfide) groups is 1. The molecule has 18 heavy (non-hydrogen) atoms. The molecule has 0 atom stereocenters. The van der Waals surface area contributed by atoms with Crippen LogP contribution in [0.15, 0.2) is 35.3 Å². The van der Waals surface area contributed by atoms with Gasteiger partial charge in [-0.15, -0.1) is 0 Å². The van der Waals surface area contributed by atoms with Crippen molar-refractivity contribution in [2.45, 2.75) is 6.61 Å². The number of amides is 3. The van der Waals surface area contributed by atoms with E-state index in [-0.39, 0.29) is 11.8 Å². The lowest BCUT2D eigenvalue weighted by molar-refractivity contribution is 0.141. The summed E-state index contributed by atoms with van der Waals surface area (Å²) in [5.41, 5.74) is 6.14. The predicted molar refractivity (Wildman–Crippen MR) is 70.3 cm³/mol. The van der Waals surface area contributed by atoms with Crippen LogP contribution in [-0.2, 0) is 11.3 Å². The van der Waals surface area contributed by atoms with Crippen molar-refractivity contribution in [3.8, 4) is 0 Å². The monoisotopic (exact) mass is 267 g/mol. The highest BCUT2D eigenvalue weighted by Crippen LogP contribution is 2.00. The van der Waals surface area contributed by atoms with Crippen LogP contribution in [0.1, 0.15) is 5.56 Å². The first-order valence-corrected chi connectivity index (χ1v) is 6.24. The SMILES string of the molecule is CSC(N)=NC(=O)NC(=O)OCc1ccccc1. The van der Waals surface area contributed by atoms with Crippen molar-refractivity contribution in [1.82, 2.24) is 5.32 Å². The molecular formula is C11H13N3O3S. The van der Waals surface area contributed by atoms with E-state index in [4.69, 9.17) is 10.5 Å². The van der Waals surface area contributed by atoms with Gasteiger partial charge in [0, 0.05) is 0 Å². The summed E-state index contributed by atoms with van der Waals surface area (Å²) in [6.45, 7) is 0.0850. The average Bonchev–Trinajstić information content (AvgIpc) is 2.37. The standard InChI is InChI=1S/C11H13N3O3S/c1-18-9(12)13-10(15)14-11(16)17-7-8-5-3-2-4-6-8/h2-6H,7H2,1H3,(H3,12,13,14,15,16). The number of ether oxygens (including phenoxy) is 1. The molecule has 1 aromatic carbocycles. The maximum Gasteiger partial charge on any atom is 0.415 e. The van der Waals surface area contributed by atoms with E-state index in [1.165, 1.54) is 0 Å². The van der Waals surface area contributed by atoms with Crippen LogP contribution < -0.4 is 11.1 Å². The third kappa shape index (κ3) is 5.35. The first kappa shape index (κ1) is 14.0. The minimum Gasteiger partial charge on any atom is -0.444 e. The summed E-state index contributed by atoms with van der Waals surface area (Å²) >= 11 is 1.11. The van der Waals surface area contributed by atoms with E-state index in [2.05, 4.69) is 4.99 Å². The zero-order valence-corrected chi connectivity index (χ0v) is 10.6. The summed E-state index contributed by atoms with van der Waals surface area (Å²) in [7, 11) is 0. The first-order chi connectivity index (χ1) is 8.61. The number of nitrogens with zero attached hydrogens (tertiary/aromatic N) is 1. The molecule has 0 aliphatic rings. The van der Waals surface area contributed by atoms with Crippen LogP contribution in [0.25, 0.3) is 0 Å². The Bertz CT molecular complexity index is 448. The van der Waals surface area contributed by atoms with Crippen molar-refractivity contribution >= 4 is 29.1 Å². The molecule has 0 radical (unpaired) electrons. The van der Waals surface area contributed by atoms with E-state index in [9.17, 15) is 9.59 Å². The largest absolute Gasteiger partial charge is 0.444 e. The minimum absolute atomic E-state index is 0.0726. The molecule has 3 N–H and O–H groups in total. The van der Waals surface area contributed by atoms with Gasteiger partial charge in [0.25, 0.3) is 0 Å². The van der Waals surface area contributed by atoms with Gasteiger partial charge in [0.15, 0.2) is 5.17 Å². The van der Waals surface area contributed by atoms with Gasteiger partial charge in [-0.05, 0) is 11.8 Å². The Morgan fingerprint density at radius 3 is 2.67 bits per heavy atom. The second-order valence-corrected chi connectivity index (χ2v) is 3.97. The van der Waals surface area contributed by atoms with E-state index in [0.29, 0.717) is 0 Å². The molecule has 1 rings (SSSR count). The third-order valence-corrected chi connectivity index (χ3v) is 2.35. The van der Waals surface area contributed by atoms with Crippen molar-refractivity contribution < 1.29 is 14.3 Å². The Morgan fingerprint density at radius 2 is 2.06 bits per heavy atom. The summed E-state index contributed by atoms with van der Waals surface area (Å²) in [6.07, 6.45) is 0.807. The highest BCUT2D eigenvalue weighted by molar-refractivity contribution is 8.13. The zero-order valence-electron chi connectivity index (χ0n) is 9.75. The molecule has 0 fully saturated rings. The summed E-state index contributed by atoms with van der Waals surface area (Å²) in [5.74, 6) is 0. The number of hydrogen-bond donors (Lipinski definition) is 2. The fourth-order valence-corrected chi connectivity index (χ4v) is 1.19. The van der Waals surface area contributed by atoms with E-state index < -0.39 is 12.1 Å². The van der Waals surface area contributed by atoms with Crippen molar-refractivity contribution in [1.29, 1.82) is 0 Å². The van der Waals surface area contributed by atoms with Crippen molar-refractivity contribution in [3.05, 3.63) is 35.9 Å². The highest BCUT2D eigenvalue weighted by Gasteiger charge is 2.08. The van der Waals surface area contributed by atoms with Gasteiger partial charge < -0.3 is 10.5 Å². The van der Waals surface area contributed by atoms with E-state index >= 15 is 0 Å². The molecule has 96 valence electrons.